The molecule has 0 aromatic heterocycles. The lowest BCUT2D eigenvalue weighted by Gasteiger charge is -2.20. The van der Waals surface area contributed by atoms with Gasteiger partial charge in [-0.3, -0.25) is 4.79 Å². The minimum Gasteiger partial charge on any atom is -0.484 e. The number of ether oxygens (including phenoxy) is 1. The average molecular weight is 359 g/mol. The lowest BCUT2D eigenvalue weighted by Crippen LogP contribution is -2.36. The minimum absolute atomic E-state index is 0.0173. The van der Waals surface area contributed by atoms with Crippen molar-refractivity contribution >= 4 is 17.7 Å². The molecule has 0 aliphatic carbocycles. The monoisotopic (exact) mass is 359 g/mol. The lowest BCUT2D eigenvalue weighted by molar-refractivity contribution is -0.133. The first-order valence-electron chi connectivity index (χ1n) is 8.47. The fourth-order valence-corrected chi connectivity index (χ4v) is 4.20. The van der Waals surface area contributed by atoms with Gasteiger partial charge >= 0.3 is 0 Å². The van der Waals surface area contributed by atoms with Crippen molar-refractivity contribution in [1.29, 1.82) is 0 Å². The number of halogens is 1. The summed E-state index contributed by atoms with van der Waals surface area (Å²) in [6.45, 7) is 3.33. The van der Waals surface area contributed by atoms with Crippen molar-refractivity contribution in [3.05, 3.63) is 65.5 Å². The number of aryl methyl sites for hydroxylation is 1. The van der Waals surface area contributed by atoms with E-state index < -0.39 is 0 Å². The molecule has 1 fully saturated rings. The van der Waals surface area contributed by atoms with Crippen molar-refractivity contribution in [2.75, 3.05) is 25.4 Å². The third-order valence-corrected chi connectivity index (χ3v) is 5.61. The molecule has 0 saturated carbocycles. The highest BCUT2D eigenvalue weighted by molar-refractivity contribution is 7.99. The van der Waals surface area contributed by atoms with Crippen LogP contribution >= 0.6 is 11.8 Å². The molecule has 1 aliphatic rings. The largest absolute Gasteiger partial charge is 0.484 e. The van der Waals surface area contributed by atoms with Crippen LogP contribution in [-0.4, -0.2) is 36.3 Å². The quantitative estimate of drug-likeness (QED) is 0.819. The molecule has 1 unspecified atom stereocenters. The van der Waals surface area contributed by atoms with Crippen molar-refractivity contribution in [2.24, 2.45) is 0 Å². The second kappa shape index (κ2) is 8.39. The molecule has 0 N–H and O–H groups in total. The molecule has 3 nitrogen and oxygen atoms in total. The van der Waals surface area contributed by atoms with E-state index in [4.69, 9.17) is 4.74 Å². The van der Waals surface area contributed by atoms with Gasteiger partial charge in [-0.25, -0.2) is 4.39 Å². The van der Waals surface area contributed by atoms with Gasteiger partial charge in [0, 0.05) is 29.7 Å². The SMILES string of the molecule is Cc1cccc(OCC(=O)N2CCSC(c3ccccc3F)CC2)c1. The van der Waals surface area contributed by atoms with E-state index in [-0.39, 0.29) is 23.6 Å². The van der Waals surface area contributed by atoms with Crippen LogP contribution in [-0.2, 0) is 4.79 Å². The van der Waals surface area contributed by atoms with Crippen LogP contribution in [0.4, 0.5) is 4.39 Å². The summed E-state index contributed by atoms with van der Waals surface area (Å²) in [6.07, 6.45) is 0.752. The molecular weight excluding hydrogens is 337 g/mol. The fraction of sp³-hybridized carbons (Fsp3) is 0.350. The number of rotatable bonds is 4. The summed E-state index contributed by atoms with van der Waals surface area (Å²) >= 11 is 1.71. The van der Waals surface area contributed by atoms with Gasteiger partial charge in [0.25, 0.3) is 5.91 Å². The molecule has 25 heavy (non-hydrogen) atoms. The third-order valence-electron chi connectivity index (χ3n) is 4.30. The van der Waals surface area contributed by atoms with Crippen LogP contribution in [0.5, 0.6) is 5.75 Å². The maximum absolute atomic E-state index is 14.0. The van der Waals surface area contributed by atoms with Gasteiger partial charge in [-0.2, -0.15) is 11.8 Å². The predicted octanol–water partition coefficient (Wildman–Crippen LogP) is 4.22. The van der Waals surface area contributed by atoms with E-state index in [0.717, 1.165) is 23.3 Å². The predicted molar refractivity (Wildman–Crippen MR) is 99.5 cm³/mol. The van der Waals surface area contributed by atoms with Gasteiger partial charge in [0.15, 0.2) is 6.61 Å². The smallest absolute Gasteiger partial charge is 0.260 e. The Morgan fingerprint density at radius 2 is 2.08 bits per heavy atom. The van der Waals surface area contributed by atoms with Gasteiger partial charge in [0.2, 0.25) is 0 Å². The molecule has 0 radical (unpaired) electrons. The normalized spacial score (nSPS) is 17.8. The Hall–Kier alpha value is -2.01. The Morgan fingerprint density at radius 3 is 2.88 bits per heavy atom. The first-order valence-corrected chi connectivity index (χ1v) is 9.51. The second-order valence-corrected chi connectivity index (χ2v) is 7.47. The van der Waals surface area contributed by atoms with E-state index in [9.17, 15) is 9.18 Å². The van der Waals surface area contributed by atoms with Crippen LogP contribution in [0.25, 0.3) is 0 Å². The van der Waals surface area contributed by atoms with Crippen LogP contribution in [0.15, 0.2) is 48.5 Å². The average Bonchev–Trinajstić information content (AvgIpc) is 2.86. The molecule has 2 aromatic carbocycles. The highest BCUT2D eigenvalue weighted by Gasteiger charge is 2.23. The Morgan fingerprint density at radius 1 is 1.24 bits per heavy atom. The molecule has 0 spiro atoms. The van der Waals surface area contributed by atoms with Crippen LogP contribution < -0.4 is 4.74 Å². The number of hydrogen-bond acceptors (Lipinski definition) is 3. The van der Waals surface area contributed by atoms with Gasteiger partial charge in [-0.15, -0.1) is 0 Å². The summed E-state index contributed by atoms with van der Waals surface area (Å²) in [5.74, 6) is 1.33. The number of nitrogens with zero attached hydrogens (tertiary/aromatic N) is 1. The van der Waals surface area contributed by atoms with E-state index in [0.29, 0.717) is 18.8 Å². The number of carbonyl (C=O) groups excluding carboxylic acids is 1. The molecule has 1 heterocycles. The summed E-state index contributed by atoms with van der Waals surface area (Å²) in [4.78, 5) is 14.3. The van der Waals surface area contributed by atoms with Crippen molar-refractivity contribution < 1.29 is 13.9 Å². The number of hydrogen-bond donors (Lipinski definition) is 0. The van der Waals surface area contributed by atoms with Crippen molar-refractivity contribution in [2.45, 2.75) is 18.6 Å². The molecule has 5 heteroatoms. The van der Waals surface area contributed by atoms with Crippen LogP contribution in [0, 0.1) is 12.7 Å². The molecular formula is C20H22FNO2S. The molecule has 2 aromatic rings. The highest BCUT2D eigenvalue weighted by Crippen LogP contribution is 2.35. The van der Waals surface area contributed by atoms with Crippen LogP contribution in [0.1, 0.15) is 22.8 Å². The van der Waals surface area contributed by atoms with Crippen LogP contribution in [0.3, 0.4) is 0 Å². The summed E-state index contributed by atoms with van der Waals surface area (Å²) < 4.78 is 19.6. The maximum atomic E-state index is 14.0. The summed E-state index contributed by atoms with van der Waals surface area (Å²) in [6, 6.07) is 14.6. The molecule has 132 valence electrons. The topological polar surface area (TPSA) is 29.5 Å². The zero-order valence-electron chi connectivity index (χ0n) is 14.3. The Labute approximate surface area is 152 Å². The number of benzene rings is 2. The van der Waals surface area contributed by atoms with E-state index in [1.807, 2.05) is 48.2 Å². The lowest BCUT2D eigenvalue weighted by atomic mass is 10.1. The standard InChI is InChI=1S/C20H22FNO2S/c1-15-5-4-6-16(13-15)24-14-20(23)22-10-9-19(25-12-11-22)17-7-2-3-8-18(17)21/h2-8,13,19H,9-12,14H2,1H3. The third kappa shape index (κ3) is 4.75. The van der Waals surface area contributed by atoms with Gasteiger partial charge in [0.1, 0.15) is 11.6 Å². The van der Waals surface area contributed by atoms with E-state index >= 15 is 0 Å². The zero-order valence-corrected chi connectivity index (χ0v) is 15.1. The Bertz CT molecular complexity index is 737. The summed E-state index contributed by atoms with van der Waals surface area (Å²) in [5.41, 5.74) is 1.83. The maximum Gasteiger partial charge on any atom is 0.260 e. The Kier molecular flexibility index (Phi) is 5.97. The first kappa shape index (κ1) is 17.8. The Balaban J connectivity index is 1.55. The summed E-state index contributed by atoms with van der Waals surface area (Å²) in [5, 5.41) is 0.0942. The number of thioether (sulfide) groups is 1. The number of carbonyl (C=O) groups is 1. The van der Waals surface area contributed by atoms with Gasteiger partial charge in [0.05, 0.1) is 0 Å². The molecule has 1 amide bonds. The molecule has 1 atom stereocenters. The molecule has 3 rings (SSSR count). The van der Waals surface area contributed by atoms with Crippen LogP contribution in [0.2, 0.25) is 0 Å². The minimum atomic E-state index is -0.164. The van der Waals surface area contributed by atoms with E-state index in [1.165, 1.54) is 6.07 Å². The van der Waals surface area contributed by atoms with Crippen molar-refractivity contribution in [3.63, 3.8) is 0 Å². The first-order chi connectivity index (χ1) is 12.1. The second-order valence-electron chi connectivity index (χ2n) is 6.16. The van der Waals surface area contributed by atoms with E-state index in [2.05, 4.69) is 0 Å². The van der Waals surface area contributed by atoms with E-state index in [1.54, 1.807) is 17.8 Å². The molecule has 0 bridgehead atoms. The highest BCUT2D eigenvalue weighted by atomic mass is 32.2. The van der Waals surface area contributed by atoms with Gasteiger partial charge in [-0.1, -0.05) is 30.3 Å². The number of amides is 1. The molecule has 1 aliphatic heterocycles. The van der Waals surface area contributed by atoms with Gasteiger partial charge < -0.3 is 9.64 Å². The van der Waals surface area contributed by atoms with Crippen molar-refractivity contribution in [3.8, 4) is 5.75 Å². The van der Waals surface area contributed by atoms with Gasteiger partial charge in [-0.05, 0) is 37.1 Å². The summed E-state index contributed by atoms with van der Waals surface area (Å²) in [7, 11) is 0. The zero-order chi connectivity index (χ0) is 17.6. The molecule has 1 saturated heterocycles. The van der Waals surface area contributed by atoms with Crippen molar-refractivity contribution in [1.82, 2.24) is 4.90 Å². The fourth-order valence-electron chi connectivity index (χ4n) is 2.95.